The highest BCUT2D eigenvalue weighted by molar-refractivity contribution is 6.98. The van der Waals surface area contributed by atoms with Crippen LogP contribution in [0.25, 0.3) is 0 Å². The molecule has 10 rings (SSSR count). The van der Waals surface area contributed by atoms with E-state index in [1.807, 2.05) is 0 Å². The van der Waals surface area contributed by atoms with E-state index in [4.69, 9.17) is 9.47 Å². The van der Waals surface area contributed by atoms with Crippen LogP contribution >= 0.6 is 0 Å². The van der Waals surface area contributed by atoms with Gasteiger partial charge in [-0.2, -0.15) is 0 Å². The van der Waals surface area contributed by atoms with Gasteiger partial charge >= 0.3 is 0 Å². The molecule has 0 amide bonds. The average Bonchev–Trinajstić information content (AvgIpc) is 3.12. The van der Waals surface area contributed by atoms with E-state index >= 15 is 0 Å². The molecule has 6 aromatic carbocycles. The van der Waals surface area contributed by atoms with Crippen molar-refractivity contribution in [1.29, 1.82) is 0 Å². The Kier molecular flexibility index (Phi) is 5.86. The maximum atomic E-state index is 6.92. The molecule has 4 nitrogen and oxygen atoms in total. The first-order valence-electron chi connectivity index (χ1n) is 17.4. The lowest BCUT2D eigenvalue weighted by atomic mass is 9.34. The summed E-state index contributed by atoms with van der Waals surface area (Å²) < 4.78 is 13.7. The van der Waals surface area contributed by atoms with Crippen LogP contribution in [0.2, 0.25) is 0 Å². The first-order valence-corrected chi connectivity index (χ1v) is 17.4. The van der Waals surface area contributed by atoms with Gasteiger partial charge in [0, 0.05) is 28.5 Å². The molecule has 0 unspecified atom stereocenters. The summed E-state index contributed by atoms with van der Waals surface area (Å²) in [4.78, 5) is 4.73. The van der Waals surface area contributed by atoms with Gasteiger partial charge < -0.3 is 19.3 Å². The Morgan fingerprint density at radius 2 is 1.08 bits per heavy atom. The fourth-order valence-corrected chi connectivity index (χ4v) is 8.82. The molecule has 3 heterocycles. The summed E-state index contributed by atoms with van der Waals surface area (Å²) >= 11 is 0. The van der Waals surface area contributed by atoms with Crippen LogP contribution in [0.4, 0.5) is 34.1 Å². The van der Waals surface area contributed by atoms with Crippen molar-refractivity contribution in [3.63, 3.8) is 0 Å². The zero-order chi connectivity index (χ0) is 33.1. The molecule has 0 fully saturated rings. The molecule has 0 radical (unpaired) electrons. The predicted octanol–water partition coefficient (Wildman–Crippen LogP) is 10.0. The van der Waals surface area contributed by atoms with E-state index in [2.05, 4.69) is 165 Å². The quantitative estimate of drug-likeness (QED) is 0.176. The molecule has 0 atom stereocenters. The highest BCUT2D eigenvalue weighted by atomic mass is 16.5. The van der Waals surface area contributed by atoms with Gasteiger partial charge in [-0.1, -0.05) is 94.4 Å². The Bertz CT molecular complexity index is 2280. The lowest BCUT2D eigenvalue weighted by molar-refractivity contribution is 0.320. The monoisotopic (exact) mass is 636 g/mol. The van der Waals surface area contributed by atoms with Crippen molar-refractivity contribution >= 4 is 57.2 Å². The zero-order valence-electron chi connectivity index (χ0n) is 28.3. The minimum atomic E-state index is 0.0197. The summed E-state index contributed by atoms with van der Waals surface area (Å²) in [5, 5.41) is 0. The van der Waals surface area contributed by atoms with Gasteiger partial charge in [0.1, 0.15) is 23.0 Å². The second-order valence-corrected chi connectivity index (χ2v) is 15.2. The number of hydrogen-bond acceptors (Lipinski definition) is 4. The second-order valence-electron chi connectivity index (χ2n) is 15.2. The van der Waals surface area contributed by atoms with Crippen LogP contribution in [0.15, 0.2) is 127 Å². The highest BCUT2D eigenvalue weighted by Crippen LogP contribution is 2.55. The molecule has 6 aromatic rings. The van der Waals surface area contributed by atoms with Crippen LogP contribution in [0.1, 0.15) is 51.7 Å². The molecule has 4 aliphatic rings. The summed E-state index contributed by atoms with van der Waals surface area (Å²) in [7, 11) is 0. The third kappa shape index (κ3) is 4.05. The van der Waals surface area contributed by atoms with Crippen LogP contribution in [-0.4, -0.2) is 6.71 Å². The fraction of sp³-hybridized carbons (Fsp3) is 0.182. The minimum Gasteiger partial charge on any atom is -0.458 e. The summed E-state index contributed by atoms with van der Waals surface area (Å²) in [5.41, 5.74) is 13.1. The Morgan fingerprint density at radius 1 is 0.510 bits per heavy atom. The van der Waals surface area contributed by atoms with Gasteiger partial charge in [-0.25, -0.2) is 0 Å². The first kappa shape index (κ1) is 28.6. The van der Waals surface area contributed by atoms with Crippen LogP contribution in [0.3, 0.4) is 0 Å². The molecular weight excluding hydrogens is 599 g/mol. The van der Waals surface area contributed by atoms with Gasteiger partial charge in [0.05, 0.1) is 22.7 Å². The molecule has 5 heteroatoms. The number of rotatable bonds is 2. The molecule has 3 aliphatic heterocycles. The van der Waals surface area contributed by atoms with Crippen LogP contribution < -0.4 is 35.7 Å². The van der Waals surface area contributed by atoms with Gasteiger partial charge in [0.25, 0.3) is 6.71 Å². The van der Waals surface area contributed by atoms with Gasteiger partial charge in [0.2, 0.25) is 0 Å². The van der Waals surface area contributed by atoms with E-state index in [0.29, 0.717) is 0 Å². The van der Waals surface area contributed by atoms with Crippen LogP contribution in [0, 0.1) is 0 Å². The Balaban J connectivity index is 1.15. The Hall–Kier alpha value is -5.42. The highest BCUT2D eigenvalue weighted by Gasteiger charge is 2.46. The lowest BCUT2D eigenvalue weighted by Gasteiger charge is -2.44. The maximum Gasteiger partial charge on any atom is 0.260 e. The largest absolute Gasteiger partial charge is 0.458 e. The van der Waals surface area contributed by atoms with Crippen molar-refractivity contribution in [3.8, 4) is 23.0 Å². The van der Waals surface area contributed by atoms with Gasteiger partial charge in [-0.05, 0) is 94.8 Å². The summed E-state index contributed by atoms with van der Waals surface area (Å²) in [5.74, 6) is 3.70. The number of nitrogens with zero attached hydrogens (tertiary/aromatic N) is 2. The second kappa shape index (κ2) is 10.1. The molecule has 0 saturated carbocycles. The average molecular weight is 637 g/mol. The van der Waals surface area contributed by atoms with Crippen molar-refractivity contribution in [1.82, 2.24) is 0 Å². The molecule has 1 aliphatic carbocycles. The zero-order valence-corrected chi connectivity index (χ0v) is 28.3. The molecule has 0 spiro atoms. The Morgan fingerprint density at radius 3 is 1.76 bits per heavy atom. The standard InChI is InChI=1S/C44H37BN2O2/c1-43(2)25-26-44(3,4)40-30(43)22-24-32-42(40)49-38-20-12-19-37-41(38)45(32)31-23-21-29(27-39(31)48-37)47-35-17-10-8-15-33(35)46(28-13-6-5-7-14-28)34-16-9-11-18-36(34)47/h5-24,27H,25-26H2,1-4H3. The molecule has 238 valence electrons. The van der Waals surface area contributed by atoms with Gasteiger partial charge in [-0.15, -0.1) is 0 Å². The number of hydrogen-bond donors (Lipinski definition) is 0. The van der Waals surface area contributed by atoms with Crippen molar-refractivity contribution in [2.75, 3.05) is 9.80 Å². The molecule has 0 saturated heterocycles. The smallest absolute Gasteiger partial charge is 0.260 e. The van der Waals surface area contributed by atoms with Gasteiger partial charge in [0.15, 0.2) is 0 Å². The molecular formula is C44H37BN2O2. The maximum absolute atomic E-state index is 6.92. The third-order valence-corrected chi connectivity index (χ3v) is 11.3. The van der Waals surface area contributed by atoms with E-state index in [-0.39, 0.29) is 17.5 Å². The fourth-order valence-electron chi connectivity index (χ4n) is 8.82. The van der Waals surface area contributed by atoms with Crippen molar-refractivity contribution in [2.24, 2.45) is 0 Å². The molecule has 0 N–H and O–H groups in total. The number of anilines is 6. The molecule has 0 bridgehead atoms. The van der Waals surface area contributed by atoms with Crippen LogP contribution in [-0.2, 0) is 10.8 Å². The van der Waals surface area contributed by atoms with E-state index in [9.17, 15) is 0 Å². The normalized spacial score (nSPS) is 16.9. The number of benzene rings is 6. The van der Waals surface area contributed by atoms with E-state index in [1.165, 1.54) is 28.5 Å². The van der Waals surface area contributed by atoms with E-state index < -0.39 is 0 Å². The SMILES string of the molecule is CC1(C)CCC(C)(C)c2c1ccc1c2Oc2cccc3c2B1c1ccc(N2c4ccccc4N(c4ccccc4)c4ccccc42)cc1O3. The van der Waals surface area contributed by atoms with Gasteiger partial charge in [-0.3, -0.25) is 0 Å². The summed E-state index contributed by atoms with van der Waals surface area (Å²) in [6, 6.07) is 45.7. The van der Waals surface area contributed by atoms with Crippen molar-refractivity contribution in [3.05, 3.63) is 139 Å². The predicted molar refractivity (Wildman–Crippen MR) is 202 cm³/mol. The van der Waals surface area contributed by atoms with Crippen molar-refractivity contribution in [2.45, 2.75) is 51.4 Å². The first-order chi connectivity index (χ1) is 23.8. The molecule has 0 aromatic heterocycles. The summed E-state index contributed by atoms with van der Waals surface area (Å²) in [6.45, 7) is 9.54. The van der Waals surface area contributed by atoms with Crippen LogP contribution in [0.5, 0.6) is 23.0 Å². The third-order valence-electron chi connectivity index (χ3n) is 11.3. The minimum absolute atomic E-state index is 0.0197. The number of ether oxygens (including phenoxy) is 2. The topological polar surface area (TPSA) is 24.9 Å². The van der Waals surface area contributed by atoms with E-state index in [0.717, 1.165) is 69.0 Å². The Labute approximate surface area is 288 Å². The lowest BCUT2D eigenvalue weighted by Crippen LogP contribution is -2.58. The number of fused-ring (bicyclic) bond motifs is 8. The number of para-hydroxylation sites is 5. The van der Waals surface area contributed by atoms with Crippen molar-refractivity contribution < 1.29 is 9.47 Å². The molecule has 49 heavy (non-hydrogen) atoms. The van der Waals surface area contributed by atoms with E-state index in [1.54, 1.807) is 0 Å². The summed E-state index contributed by atoms with van der Waals surface area (Å²) in [6.07, 6.45) is 2.30.